The van der Waals surface area contributed by atoms with Crippen molar-refractivity contribution in [2.45, 2.75) is 18.9 Å². The molecule has 0 aromatic carbocycles. The zero-order valence-electron chi connectivity index (χ0n) is 7.61. The largest absolute Gasteiger partial charge is 0.381 e. The van der Waals surface area contributed by atoms with Gasteiger partial charge in [0.2, 0.25) is 0 Å². The number of ether oxygens (including phenoxy) is 1. The molecule has 0 N–H and O–H groups in total. The number of nitriles is 1. The fourth-order valence-corrected chi connectivity index (χ4v) is 1.96. The Balaban J connectivity index is 2.19. The smallest absolute Gasteiger partial charge is 0.176 e. The number of rotatable bonds is 1. The van der Waals surface area contributed by atoms with Crippen LogP contribution in [0, 0.1) is 11.3 Å². The van der Waals surface area contributed by atoms with Crippen molar-refractivity contribution in [2.24, 2.45) is 0 Å². The molecule has 14 heavy (non-hydrogen) atoms. The van der Waals surface area contributed by atoms with Crippen LogP contribution in [0.25, 0.3) is 0 Å². The Morgan fingerprint density at radius 2 is 2.29 bits per heavy atom. The Hall–Kier alpha value is -0.860. The molecule has 74 valence electrons. The van der Waals surface area contributed by atoms with Crippen molar-refractivity contribution in [2.75, 3.05) is 13.2 Å². The van der Waals surface area contributed by atoms with Gasteiger partial charge in [0.05, 0.1) is 10.5 Å². The first-order chi connectivity index (χ1) is 6.81. The van der Waals surface area contributed by atoms with Gasteiger partial charge in [0.15, 0.2) is 5.69 Å². The molecule has 2 rings (SSSR count). The number of aromatic nitrogens is 2. The average Bonchev–Trinajstić information content (AvgIpc) is 2.61. The van der Waals surface area contributed by atoms with Crippen molar-refractivity contribution in [3.05, 3.63) is 16.4 Å². The molecule has 0 radical (unpaired) electrons. The van der Waals surface area contributed by atoms with Gasteiger partial charge in [0.1, 0.15) is 6.07 Å². The predicted molar refractivity (Wildman–Crippen MR) is 53.7 cm³/mol. The lowest BCUT2D eigenvalue weighted by molar-refractivity contribution is 0.0662. The Morgan fingerprint density at radius 3 is 2.86 bits per heavy atom. The van der Waals surface area contributed by atoms with E-state index in [-0.39, 0.29) is 0 Å². The quantitative estimate of drug-likeness (QED) is 0.770. The van der Waals surface area contributed by atoms with Crippen LogP contribution in [0.15, 0.2) is 10.7 Å². The van der Waals surface area contributed by atoms with E-state index < -0.39 is 0 Å². The molecule has 5 heteroatoms. The first-order valence-corrected chi connectivity index (χ1v) is 5.33. The van der Waals surface area contributed by atoms with Crippen LogP contribution in [0.2, 0.25) is 0 Å². The summed E-state index contributed by atoms with van der Waals surface area (Å²) in [5.41, 5.74) is 0.455. The zero-order chi connectivity index (χ0) is 9.97. The highest BCUT2D eigenvalue weighted by atomic mass is 79.9. The Kier molecular flexibility index (Phi) is 2.85. The molecule has 1 aliphatic rings. The molecule has 1 aromatic heterocycles. The summed E-state index contributed by atoms with van der Waals surface area (Å²) in [7, 11) is 0. The molecule has 2 heterocycles. The maximum Gasteiger partial charge on any atom is 0.176 e. The van der Waals surface area contributed by atoms with E-state index in [9.17, 15) is 0 Å². The fourth-order valence-electron chi connectivity index (χ4n) is 1.58. The Labute approximate surface area is 90.6 Å². The van der Waals surface area contributed by atoms with Gasteiger partial charge in [-0.25, -0.2) is 0 Å². The standard InChI is InChI=1S/C9H10BrN3O/c10-8-6-13(12-9(8)5-11)7-1-3-14-4-2-7/h6-7H,1-4H2. The first-order valence-electron chi connectivity index (χ1n) is 4.54. The highest BCUT2D eigenvalue weighted by Crippen LogP contribution is 2.23. The van der Waals surface area contributed by atoms with Gasteiger partial charge < -0.3 is 4.74 Å². The summed E-state index contributed by atoms with van der Waals surface area (Å²) in [6, 6.07) is 2.42. The van der Waals surface area contributed by atoms with Gasteiger partial charge in [-0.3, -0.25) is 4.68 Å². The predicted octanol–water partition coefficient (Wildman–Crippen LogP) is 1.87. The highest BCUT2D eigenvalue weighted by molar-refractivity contribution is 9.10. The van der Waals surface area contributed by atoms with Gasteiger partial charge in [0.25, 0.3) is 0 Å². The summed E-state index contributed by atoms with van der Waals surface area (Å²) in [5.74, 6) is 0. The molecule has 0 atom stereocenters. The molecule has 0 saturated carbocycles. The van der Waals surface area contributed by atoms with Crippen LogP contribution < -0.4 is 0 Å². The number of nitrogens with zero attached hydrogens (tertiary/aromatic N) is 3. The van der Waals surface area contributed by atoms with Crippen molar-refractivity contribution in [1.82, 2.24) is 9.78 Å². The van der Waals surface area contributed by atoms with E-state index in [1.807, 2.05) is 16.9 Å². The Morgan fingerprint density at radius 1 is 1.57 bits per heavy atom. The van der Waals surface area contributed by atoms with E-state index in [1.54, 1.807) is 0 Å². The third-order valence-electron chi connectivity index (χ3n) is 2.36. The van der Waals surface area contributed by atoms with Gasteiger partial charge in [-0.2, -0.15) is 10.4 Å². The molecule has 1 saturated heterocycles. The fraction of sp³-hybridized carbons (Fsp3) is 0.556. The van der Waals surface area contributed by atoms with Crippen LogP contribution in [0.3, 0.4) is 0 Å². The van der Waals surface area contributed by atoms with Crippen molar-refractivity contribution in [3.8, 4) is 6.07 Å². The SMILES string of the molecule is N#Cc1nn(C2CCOCC2)cc1Br. The van der Waals surface area contributed by atoms with E-state index in [1.165, 1.54) is 0 Å². The normalized spacial score (nSPS) is 18.0. The van der Waals surface area contributed by atoms with Crippen LogP contribution in [0.1, 0.15) is 24.6 Å². The maximum atomic E-state index is 8.75. The molecule has 0 aliphatic carbocycles. The second kappa shape index (κ2) is 4.11. The zero-order valence-corrected chi connectivity index (χ0v) is 9.20. The molecule has 4 nitrogen and oxygen atoms in total. The molecule has 1 aliphatic heterocycles. The van der Waals surface area contributed by atoms with Crippen LogP contribution in [0.4, 0.5) is 0 Å². The van der Waals surface area contributed by atoms with Gasteiger partial charge in [-0.1, -0.05) is 0 Å². The topological polar surface area (TPSA) is 50.8 Å². The molecule has 0 spiro atoms. The maximum absolute atomic E-state index is 8.75. The summed E-state index contributed by atoms with van der Waals surface area (Å²) in [6.45, 7) is 1.56. The summed E-state index contributed by atoms with van der Waals surface area (Å²) in [5, 5.41) is 13.0. The van der Waals surface area contributed by atoms with E-state index >= 15 is 0 Å². The molecule has 1 fully saturated rings. The van der Waals surface area contributed by atoms with Gasteiger partial charge in [0, 0.05) is 19.4 Å². The number of hydrogen-bond acceptors (Lipinski definition) is 3. The monoisotopic (exact) mass is 255 g/mol. The summed E-state index contributed by atoms with van der Waals surface area (Å²) in [4.78, 5) is 0. The third kappa shape index (κ3) is 1.81. The van der Waals surface area contributed by atoms with Crippen LogP contribution >= 0.6 is 15.9 Å². The number of hydrogen-bond donors (Lipinski definition) is 0. The van der Waals surface area contributed by atoms with Crippen LogP contribution in [0.5, 0.6) is 0 Å². The lowest BCUT2D eigenvalue weighted by Gasteiger charge is -2.22. The summed E-state index contributed by atoms with van der Waals surface area (Å²) < 4.78 is 7.90. The van der Waals surface area contributed by atoms with Crippen molar-refractivity contribution >= 4 is 15.9 Å². The second-order valence-corrected chi connectivity index (χ2v) is 4.12. The van der Waals surface area contributed by atoms with E-state index in [0.29, 0.717) is 11.7 Å². The first kappa shape index (κ1) is 9.69. The van der Waals surface area contributed by atoms with Crippen molar-refractivity contribution < 1.29 is 4.74 Å². The van der Waals surface area contributed by atoms with Crippen molar-refractivity contribution in [1.29, 1.82) is 5.26 Å². The minimum atomic E-state index is 0.377. The molecular formula is C9H10BrN3O. The van der Waals surface area contributed by atoms with Crippen molar-refractivity contribution in [3.63, 3.8) is 0 Å². The number of halogens is 1. The van der Waals surface area contributed by atoms with Gasteiger partial charge in [-0.15, -0.1) is 0 Å². The van der Waals surface area contributed by atoms with Crippen LogP contribution in [-0.4, -0.2) is 23.0 Å². The Bertz CT molecular complexity index is 363. The van der Waals surface area contributed by atoms with E-state index in [0.717, 1.165) is 30.5 Å². The highest BCUT2D eigenvalue weighted by Gasteiger charge is 2.17. The summed E-state index contributed by atoms with van der Waals surface area (Å²) >= 11 is 3.31. The van der Waals surface area contributed by atoms with Gasteiger partial charge >= 0.3 is 0 Å². The molecular weight excluding hydrogens is 246 g/mol. The third-order valence-corrected chi connectivity index (χ3v) is 2.94. The average molecular weight is 256 g/mol. The molecule has 1 aromatic rings. The molecule has 0 amide bonds. The van der Waals surface area contributed by atoms with Crippen LogP contribution in [-0.2, 0) is 4.74 Å². The minimum absolute atomic E-state index is 0.377. The lowest BCUT2D eigenvalue weighted by Crippen LogP contribution is -2.19. The second-order valence-electron chi connectivity index (χ2n) is 3.26. The molecule has 0 bridgehead atoms. The lowest BCUT2D eigenvalue weighted by atomic mass is 10.1. The molecule has 0 unspecified atom stereocenters. The van der Waals surface area contributed by atoms with E-state index in [2.05, 4.69) is 21.0 Å². The minimum Gasteiger partial charge on any atom is -0.381 e. The van der Waals surface area contributed by atoms with E-state index in [4.69, 9.17) is 10.00 Å². The van der Waals surface area contributed by atoms with Gasteiger partial charge in [-0.05, 0) is 28.8 Å². The summed E-state index contributed by atoms with van der Waals surface area (Å²) in [6.07, 6.45) is 3.81.